The summed E-state index contributed by atoms with van der Waals surface area (Å²) in [6.45, 7) is 4.43. The summed E-state index contributed by atoms with van der Waals surface area (Å²) in [6, 6.07) is 5.83. The fraction of sp³-hybridized carbons (Fsp3) is 0.571. The van der Waals surface area contributed by atoms with Crippen molar-refractivity contribution < 1.29 is 9.13 Å². The number of nitrogens with zero attached hydrogens (tertiary/aromatic N) is 2. The van der Waals surface area contributed by atoms with E-state index in [0.29, 0.717) is 11.8 Å². The smallest absolute Gasteiger partial charge is 0.165 e. The van der Waals surface area contributed by atoms with Gasteiger partial charge in [-0.2, -0.15) is 0 Å². The molecule has 0 aromatic heterocycles. The second-order valence-corrected chi connectivity index (χ2v) is 5.10. The number of rotatable bonds is 2. The van der Waals surface area contributed by atoms with Crippen LogP contribution >= 0.6 is 0 Å². The van der Waals surface area contributed by atoms with Crippen LogP contribution in [0.3, 0.4) is 0 Å². The van der Waals surface area contributed by atoms with Gasteiger partial charge in [0.1, 0.15) is 0 Å². The third-order valence-corrected chi connectivity index (χ3v) is 4.09. The van der Waals surface area contributed by atoms with Crippen molar-refractivity contribution in [1.29, 1.82) is 0 Å². The van der Waals surface area contributed by atoms with E-state index in [1.54, 1.807) is 6.07 Å². The molecule has 2 aliphatic heterocycles. The van der Waals surface area contributed by atoms with Crippen molar-refractivity contribution in [3.63, 3.8) is 0 Å². The first kappa shape index (κ1) is 11.8. The standard InChI is InChI=1S/C14H19FN2O/c1-18-14-9-11(4-5-13(14)15)17-8-7-16-6-2-3-12(16)10-17/h4-5,9,12H,2-3,6-8,10H2,1H3. The van der Waals surface area contributed by atoms with Crippen molar-refractivity contribution in [1.82, 2.24) is 4.90 Å². The topological polar surface area (TPSA) is 15.7 Å². The molecular formula is C14H19FN2O. The van der Waals surface area contributed by atoms with Gasteiger partial charge in [-0.1, -0.05) is 0 Å². The maximum atomic E-state index is 13.4. The van der Waals surface area contributed by atoms with Gasteiger partial charge in [0.05, 0.1) is 7.11 Å². The molecule has 2 fully saturated rings. The molecule has 98 valence electrons. The van der Waals surface area contributed by atoms with Crippen LogP contribution in [0.15, 0.2) is 18.2 Å². The Kier molecular flexibility index (Phi) is 3.12. The highest BCUT2D eigenvalue weighted by molar-refractivity contribution is 5.52. The van der Waals surface area contributed by atoms with Crippen LogP contribution in [0.25, 0.3) is 0 Å². The number of halogens is 1. The summed E-state index contributed by atoms with van der Waals surface area (Å²) in [5.41, 5.74) is 1.07. The van der Waals surface area contributed by atoms with Crippen molar-refractivity contribution in [3.8, 4) is 5.75 Å². The number of fused-ring (bicyclic) bond motifs is 1. The second-order valence-electron chi connectivity index (χ2n) is 5.10. The molecule has 0 amide bonds. The van der Waals surface area contributed by atoms with Gasteiger partial charge in [0.2, 0.25) is 0 Å². The van der Waals surface area contributed by atoms with E-state index in [-0.39, 0.29) is 5.82 Å². The maximum absolute atomic E-state index is 13.4. The van der Waals surface area contributed by atoms with Gasteiger partial charge >= 0.3 is 0 Å². The first-order valence-electron chi connectivity index (χ1n) is 6.60. The van der Waals surface area contributed by atoms with Crippen molar-refractivity contribution in [2.45, 2.75) is 18.9 Å². The molecular weight excluding hydrogens is 231 g/mol. The highest BCUT2D eigenvalue weighted by Crippen LogP contribution is 2.28. The van der Waals surface area contributed by atoms with Crippen LogP contribution in [0.2, 0.25) is 0 Å². The lowest BCUT2D eigenvalue weighted by Gasteiger charge is -2.38. The van der Waals surface area contributed by atoms with Crippen LogP contribution < -0.4 is 9.64 Å². The minimum absolute atomic E-state index is 0.291. The zero-order chi connectivity index (χ0) is 12.5. The number of methoxy groups -OCH3 is 1. The molecule has 3 rings (SSSR count). The Labute approximate surface area is 107 Å². The first-order chi connectivity index (χ1) is 8.78. The summed E-state index contributed by atoms with van der Waals surface area (Å²) >= 11 is 0. The van der Waals surface area contributed by atoms with Crippen LogP contribution in [0.5, 0.6) is 5.75 Å². The summed E-state index contributed by atoms with van der Waals surface area (Å²) in [4.78, 5) is 4.91. The fourth-order valence-electron chi connectivity index (χ4n) is 3.07. The molecule has 0 N–H and O–H groups in total. The van der Waals surface area contributed by atoms with Gasteiger partial charge in [0.25, 0.3) is 0 Å². The lowest BCUT2D eigenvalue weighted by molar-refractivity contribution is 0.231. The molecule has 1 atom stereocenters. The molecule has 0 spiro atoms. The third-order valence-electron chi connectivity index (χ3n) is 4.09. The summed E-state index contributed by atoms with van der Waals surface area (Å²) < 4.78 is 18.5. The lowest BCUT2D eigenvalue weighted by atomic mass is 10.1. The van der Waals surface area contributed by atoms with Gasteiger partial charge < -0.3 is 9.64 Å². The molecule has 4 heteroatoms. The third kappa shape index (κ3) is 2.05. The van der Waals surface area contributed by atoms with Crippen molar-refractivity contribution in [2.24, 2.45) is 0 Å². The van der Waals surface area contributed by atoms with Crippen molar-refractivity contribution in [2.75, 3.05) is 38.2 Å². The predicted molar refractivity (Wildman–Crippen MR) is 69.8 cm³/mol. The Morgan fingerprint density at radius 3 is 3.00 bits per heavy atom. The van der Waals surface area contributed by atoms with E-state index in [0.717, 1.165) is 25.3 Å². The second kappa shape index (κ2) is 4.76. The first-order valence-corrected chi connectivity index (χ1v) is 6.60. The zero-order valence-corrected chi connectivity index (χ0v) is 10.7. The van der Waals surface area contributed by atoms with Crippen LogP contribution in [-0.2, 0) is 0 Å². The fourth-order valence-corrected chi connectivity index (χ4v) is 3.07. The maximum Gasteiger partial charge on any atom is 0.165 e. The van der Waals surface area contributed by atoms with Gasteiger partial charge in [-0.15, -0.1) is 0 Å². The van der Waals surface area contributed by atoms with Crippen LogP contribution in [-0.4, -0.2) is 44.2 Å². The molecule has 1 unspecified atom stereocenters. The quantitative estimate of drug-likeness (QED) is 0.799. The van der Waals surface area contributed by atoms with E-state index < -0.39 is 0 Å². The predicted octanol–water partition coefficient (Wildman–Crippen LogP) is 2.12. The summed E-state index contributed by atoms with van der Waals surface area (Å²) in [5, 5.41) is 0. The monoisotopic (exact) mass is 250 g/mol. The van der Waals surface area contributed by atoms with Crippen LogP contribution in [0.1, 0.15) is 12.8 Å². The number of anilines is 1. The van der Waals surface area contributed by atoms with E-state index in [2.05, 4.69) is 9.80 Å². The Bertz CT molecular complexity index is 438. The Morgan fingerprint density at radius 1 is 1.28 bits per heavy atom. The zero-order valence-electron chi connectivity index (χ0n) is 10.7. The van der Waals surface area contributed by atoms with Crippen molar-refractivity contribution in [3.05, 3.63) is 24.0 Å². The number of ether oxygens (including phenoxy) is 1. The van der Waals surface area contributed by atoms with E-state index in [1.165, 1.54) is 32.6 Å². The number of hydrogen-bond donors (Lipinski definition) is 0. The van der Waals surface area contributed by atoms with Gasteiger partial charge in [-0.25, -0.2) is 4.39 Å². The molecule has 1 aromatic rings. The van der Waals surface area contributed by atoms with E-state index in [4.69, 9.17) is 4.74 Å². The summed E-state index contributed by atoms with van der Waals surface area (Å²) in [5.74, 6) is 0.0436. The SMILES string of the molecule is COc1cc(N2CCN3CCCC3C2)ccc1F. The molecule has 2 heterocycles. The van der Waals surface area contributed by atoms with Gasteiger partial charge in [-0.05, 0) is 31.5 Å². The minimum atomic E-state index is -0.291. The molecule has 0 bridgehead atoms. The Balaban J connectivity index is 1.78. The number of hydrogen-bond acceptors (Lipinski definition) is 3. The molecule has 2 saturated heterocycles. The summed E-state index contributed by atoms with van der Waals surface area (Å²) in [7, 11) is 1.51. The average Bonchev–Trinajstić information content (AvgIpc) is 2.86. The van der Waals surface area contributed by atoms with Crippen molar-refractivity contribution >= 4 is 5.69 Å². The minimum Gasteiger partial charge on any atom is -0.494 e. The van der Waals surface area contributed by atoms with Crippen LogP contribution in [0, 0.1) is 5.82 Å². The molecule has 2 aliphatic rings. The molecule has 3 nitrogen and oxygen atoms in total. The summed E-state index contributed by atoms with van der Waals surface area (Å²) in [6.07, 6.45) is 2.60. The van der Waals surface area contributed by atoms with E-state index in [1.807, 2.05) is 6.07 Å². The largest absolute Gasteiger partial charge is 0.494 e. The van der Waals surface area contributed by atoms with Gasteiger partial charge in [0.15, 0.2) is 11.6 Å². The van der Waals surface area contributed by atoms with Gasteiger partial charge in [-0.3, -0.25) is 4.90 Å². The molecule has 0 radical (unpaired) electrons. The normalized spacial score (nSPS) is 24.1. The van der Waals surface area contributed by atoms with Gasteiger partial charge in [0, 0.05) is 37.4 Å². The molecule has 0 aliphatic carbocycles. The van der Waals surface area contributed by atoms with E-state index in [9.17, 15) is 4.39 Å². The molecule has 1 aromatic carbocycles. The highest BCUT2D eigenvalue weighted by atomic mass is 19.1. The highest BCUT2D eigenvalue weighted by Gasteiger charge is 2.30. The lowest BCUT2D eigenvalue weighted by Crippen LogP contribution is -2.50. The number of benzene rings is 1. The Morgan fingerprint density at radius 2 is 2.17 bits per heavy atom. The Hall–Kier alpha value is -1.29. The van der Waals surface area contributed by atoms with E-state index >= 15 is 0 Å². The molecule has 0 saturated carbocycles. The van der Waals surface area contributed by atoms with Crippen LogP contribution in [0.4, 0.5) is 10.1 Å². The number of piperazine rings is 1. The molecule has 18 heavy (non-hydrogen) atoms. The average molecular weight is 250 g/mol.